The molecule has 1 fully saturated rings. The Morgan fingerprint density at radius 2 is 1.61 bits per heavy atom. The Morgan fingerprint density at radius 3 is 2.29 bits per heavy atom. The maximum Gasteiger partial charge on any atom is 0.247 e. The van der Waals surface area contributed by atoms with E-state index in [0.29, 0.717) is 19.6 Å². The third kappa shape index (κ3) is 8.71. The van der Waals surface area contributed by atoms with Gasteiger partial charge in [-0.3, -0.25) is 14.5 Å². The Hall–Kier alpha value is -3.68. The molecule has 0 unspecified atom stereocenters. The first-order valence-corrected chi connectivity index (χ1v) is 13.3. The molecule has 1 aromatic heterocycles. The van der Waals surface area contributed by atoms with Gasteiger partial charge in [-0.25, -0.2) is 0 Å². The minimum atomic E-state index is -0.169. The molecule has 3 aromatic rings. The zero-order chi connectivity index (χ0) is 26.6. The lowest BCUT2D eigenvalue weighted by Crippen LogP contribution is -2.43. The number of aryl methyl sites for hydroxylation is 1. The molecule has 2 aromatic carbocycles. The molecule has 0 N–H and O–H groups in total. The second-order valence-corrected chi connectivity index (χ2v) is 9.56. The van der Waals surface area contributed by atoms with E-state index >= 15 is 0 Å². The molecule has 2 heterocycles. The van der Waals surface area contributed by atoms with Gasteiger partial charge in [-0.1, -0.05) is 60.7 Å². The summed E-state index contributed by atoms with van der Waals surface area (Å²) in [6.45, 7) is 7.32. The van der Waals surface area contributed by atoms with Crippen LogP contribution < -0.4 is 0 Å². The Balaban J connectivity index is 1.46. The zero-order valence-electron chi connectivity index (χ0n) is 22.1. The quantitative estimate of drug-likeness (QED) is 0.335. The van der Waals surface area contributed by atoms with Crippen molar-refractivity contribution in [2.75, 3.05) is 45.9 Å². The highest BCUT2D eigenvalue weighted by atomic mass is 16.5. The summed E-state index contributed by atoms with van der Waals surface area (Å²) in [5.41, 5.74) is 1.97. The molecular formula is C31H37N3O4. The van der Waals surface area contributed by atoms with Crippen LogP contribution in [-0.2, 0) is 27.4 Å². The van der Waals surface area contributed by atoms with Gasteiger partial charge in [0.2, 0.25) is 11.8 Å². The van der Waals surface area contributed by atoms with E-state index in [0.717, 1.165) is 61.9 Å². The van der Waals surface area contributed by atoms with Crippen molar-refractivity contribution in [3.8, 4) is 0 Å². The summed E-state index contributed by atoms with van der Waals surface area (Å²) in [5, 5.41) is 0. The van der Waals surface area contributed by atoms with Gasteiger partial charge in [-0.15, -0.1) is 0 Å². The van der Waals surface area contributed by atoms with Gasteiger partial charge in [0, 0.05) is 38.8 Å². The van der Waals surface area contributed by atoms with E-state index in [1.807, 2.05) is 79.7 Å². The van der Waals surface area contributed by atoms with Crippen molar-refractivity contribution in [1.82, 2.24) is 14.7 Å². The van der Waals surface area contributed by atoms with Gasteiger partial charge in [-0.05, 0) is 42.7 Å². The molecule has 0 atom stereocenters. The average Bonchev–Trinajstić information content (AvgIpc) is 3.36. The highest BCUT2D eigenvalue weighted by Crippen LogP contribution is 2.14. The molecule has 2 amide bonds. The Labute approximate surface area is 225 Å². The number of morpholine rings is 1. The normalized spacial score (nSPS) is 14.0. The summed E-state index contributed by atoms with van der Waals surface area (Å²) in [5.74, 6) is 1.24. The lowest BCUT2D eigenvalue weighted by Gasteiger charge is -2.29. The molecule has 38 heavy (non-hydrogen) atoms. The molecule has 0 saturated carbocycles. The third-order valence-corrected chi connectivity index (χ3v) is 6.57. The number of nitrogens with zero attached hydrogens (tertiary/aromatic N) is 3. The van der Waals surface area contributed by atoms with Gasteiger partial charge >= 0.3 is 0 Å². The van der Waals surface area contributed by atoms with Crippen LogP contribution in [-0.4, -0.2) is 72.5 Å². The van der Waals surface area contributed by atoms with E-state index in [1.54, 1.807) is 22.0 Å². The largest absolute Gasteiger partial charge is 0.464 e. The van der Waals surface area contributed by atoms with E-state index in [2.05, 4.69) is 4.90 Å². The number of hydrogen-bond acceptors (Lipinski definition) is 5. The second-order valence-electron chi connectivity index (χ2n) is 9.56. The average molecular weight is 516 g/mol. The van der Waals surface area contributed by atoms with Crippen LogP contribution in [0.4, 0.5) is 0 Å². The minimum absolute atomic E-state index is 0.00754. The zero-order valence-corrected chi connectivity index (χ0v) is 22.1. The maximum absolute atomic E-state index is 13.7. The van der Waals surface area contributed by atoms with Crippen molar-refractivity contribution in [1.29, 1.82) is 0 Å². The van der Waals surface area contributed by atoms with E-state index in [4.69, 9.17) is 9.15 Å². The molecule has 7 heteroatoms. The van der Waals surface area contributed by atoms with E-state index < -0.39 is 0 Å². The molecular weight excluding hydrogens is 478 g/mol. The smallest absolute Gasteiger partial charge is 0.247 e. The molecule has 4 rings (SSSR count). The molecule has 0 bridgehead atoms. The van der Waals surface area contributed by atoms with Crippen molar-refractivity contribution in [3.05, 3.63) is 102 Å². The van der Waals surface area contributed by atoms with Crippen molar-refractivity contribution in [3.63, 3.8) is 0 Å². The van der Waals surface area contributed by atoms with Gasteiger partial charge in [0.1, 0.15) is 18.1 Å². The fraction of sp³-hybridized carbons (Fsp3) is 0.355. The van der Waals surface area contributed by atoms with Crippen LogP contribution in [0, 0.1) is 6.92 Å². The first kappa shape index (κ1) is 27.4. The number of furan rings is 1. The summed E-state index contributed by atoms with van der Waals surface area (Å²) in [7, 11) is 0. The van der Waals surface area contributed by atoms with E-state index in [9.17, 15) is 9.59 Å². The Kier molecular flexibility index (Phi) is 10.3. The Morgan fingerprint density at radius 1 is 0.895 bits per heavy atom. The number of ether oxygens (including phenoxy) is 1. The van der Waals surface area contributed by atoms with Gasteiger partial charge in [0.15, 0.2) is 0 Å². The van der Waals surface area contributed by atoms with Gasteiger partial charge in [-0.2, -0.15) is 0 Å². The lowest BCUT2D eigenvalue weighted by atomic mass is 10.2. The van der Waals surface area contributed by atoms with Crippen LogP contribution >= 0.6 is 0 Å². The lowest BCUT2D eigenvalue weighted by molar-refractivity contribution is -0.139. The maximum atomic E-state index is 13.7. The molecule has 1 aliphatic heterocycles. The summed E-state index contributed by atoms with van der Waals surface area (Å²) in [6.07, 6.45) is 4.15. The summed E-state index contributed by atoms with van der Waals surface area (Å²) in [6, 6.07) is 23.4. The molecule has 0 aliphatic carbocycles. The standard InChI is InChI=1S/C31H37N3O4/c1-26-13-15-29(38-26)24-34(23-28-11-6-3-7-12-28)31(36)25-33(18-8-17-32-19-21-37-22-20-32)30(35)16-14-27-9-4-2-5-10-27/h2-7,9-16H,8,17-25H2,1H3/b16-14+. The van der Waals surface area contributed by atoms with Crippen LogP contribution in [0.1, 0.15) is 29.1 Å². The van der Waals surface area contributed by atoms with Crippen LogP contribution in [0.3, 0.4) is 0 Å². The topological polar surface area (TPSA) is 66.2 Å². The molecule has 0 spiro atoms. The third-order valence-electron chi connectivity index (χ3n) is 6.57. The summed E-state index contributed by atoms with van der Waals surface area (Å²) < 4.78 is 11.2. The number of carbonyl (C=O) groups excluding carboxylic acids is 2. The van der Waals surface area contributed by atoms with Gasteiger partial charge in [0.05, 0.1) is 19.8 Å². The number of rotatable bonds is 12. The first-order chi connectivity index (χ1) is 18.6. The van der Waals surface area contributed by atoms with Crippen molar-refractivity contribution in [2.45, 2.75) is 26.4 Å². The fourth-order valence-corrected chi connectivity index (χ4v) is 4.47. The molecule has 1 aliphatic rings. The molecule has 7 nitrogen and oxygen atoms in total. The van der Waals surface area contributed by atoms with Crippen LogP contribution in [0.5, 0.6) is 0 Å². The van der Waals surface area contributed by atoms with Crippen LogP contribution in [0.2, 0.25) is 0 Å². The molecule has 0 radical (unpaired) electrons. The first-order valence-electron chi connectivity index (χ1n) is 13.3. The molecule has 1 saturated heterocycles. The number of hydrogen-bond donors (Lipinski definition) is 0. The number of benzene rings is 2. The highest BCUT2D eigenvalue weighted by molar-refractivity contribution is 5.94. The highest BCUT2D eigenvalue weighted by Gasteiger charge is 2.22. The second kappa shape index (κ2) is 14.3. The molecule has 200 valence electrons. The summed E-state index contributed by atoms with van der Waals surface area (Å²) in [4.78, 5) is 32.7. The van der Waals surface area contributed by atoms with Crippen molar-refractivity contribution < 1.29 is 18.7 Å². The minimum Gasteiger partial charge on any atom is -0.464 e. The predicted octanol–water partition coefficient (Wildman–Crippen LogP) is 4.38. The Bertz CT molecular complexity index is 1170. The number of amides is 2. The summed E-state index contributed by atoms with van der Waals surface area (Å²) >= 11 is 0. The van der Waals surface area contributed by atoms with Crippen molar-refractivity contribution in [2.24, 2.45) is 0 Å². The fourth-order valence-electron chi connectivity index (χ4n) is 4.47. The van der Waals surface area contributed by atoms with Gasteiger partial charge in [0.25, 0.3) is 0 Å². The monoisotopic (exact) mass is 515 g/mol. The number of carbonyl (C=O) groups is 2. The van der Waals surface area contributed by atoms with Crippen LogP contribution in [0.25, 0.3) is 6.08 Å². The van der Waals surface area contributed by atoms with E-state index in [-0.39, 0.29) is 18.4 Å². The van der Waals surface area contributed by atoms with Crippen molar-refractivity contribution >= 4 is 17.9 Å². The predicted molar refractivity (Wildman–Crippen MR) is 148 cm³/mol. The van der Waals surface area contributed by atoms with Gasteiger partial charge < -0.3 is 19.0 Å². The van der Waals surface area contributed by atoms with Crippen LogP contribution in [0.15, 0.2) is 83.3 Å². The SMILES string of the molecule is Cc1ccc(CN(Cc2ccccc2)C(=O)CN(CCCN2CCOCC2)C(=O)/C=C/c2ccccc2)o1. The van der Waals surface area contributed by atoms with E-state index in [1.165, 1.54) is 0 Å².